The molecule has 0 aliphatic heterocycles. The molecule has 0 saturated carbocycles. The van der Waals surface area contributed by atoms with Crippen LogP contribution in [0.25, 0.3) is 0 Å². The van der Waals surface area contributed by atoms with E-state index in [0.29, 0.717) is 47.9 Å². The maximum atomic E-state index is 13.9. The molecule has 0 radical (unpaired) electrons. The molecule has 0 bridgehead atoms. The molecule has 11 nitrogen and oxygen atoms in total. The summed E-state index contributed by atoms with van der Waals surface area (Å²) in [6.45, 7) is 6.02. The number of aliphatic carboxylic acids is 1. The van der Waals surface area contributed by atoms with E-state index in [4.69, 9.17) is 10.2 Å². The zero-order valence-corrected chi connectivity index (χ0v) is 34.0. The van der Waals surface area contributed by atoms with E-state index < -0.39 is 11.9 Å². The number of rotatable bonds is 20. The molecule has 1 aliphatic carbocycles. The fraction of sp³-hybridized carbons (Fsp3) is 0.400. The molecule has 1 aromatic heterocycles. The van der Waals surface area contributed by atoms with Crippen LogP contribution in [-0.2, 0) is 41.8 Å². The number of carboxylic acids is 2. The molecule has 1 aliphatic rings. The second-order valence-electron chi connectivity index (χ2n) is 14.7. The second kappa shape index (κ2) is 20.7. The van der Waals surface area contributed by atoms with Crippen LogP contribution < -0.4 is 10.6 Å². The first-order valence-corrected chi connectivity index (χ1v) is 20.7. The molecule has 5 rings (SSSR count). The van der Waals surface area contributed by atoms with Gasteiger partial charge in [-0.25, -0.2) is 4.79 Å². The van der Waals surface area contributed by atoms with E-state index in [1.807, 2.05) is 54.6 Å². The summed E-state index contributed by atoms with van der Waals surface area (Å²) >= 11 is 1.48. The molecular formula is C45H54N4O7S. The van der Waals surface area contributed by atoms with E-state index in [2.05, 4.69) is 29.4 Å². The number of fused-ring (bicyclic) bond motifs is 1. The summed E-state index contributed by atoms with van der Waals surface area (Å²) in [5.74, 6) is -2.46. The number of carbonyl (C=O) groups is 5. The van der Waals surface area contributed by atoms with Crippen LogP contribution in [0.4, 0.5) is 10.7 Å². The summed E-state index contributed by atoms with van der Waals surface area (Å²) in [5, 5.41) is 24.8. The molecule has 3 amide bonds. The maximum Gasteiger partial charge on any atom is 0.335 e. The SMILES string of the molecule is CCC(CC)N(CCN(C)C(=O)CCCC(=O)O)Cc1cccc(C(=O)Nc2sc3c(c2C(=O)Nc2ccc(CCc4ccc(C(=O)O)cc4)cc2)CCCC3)c1. The van der Waals surface area contributed by atoms with Gasteiger partial charge in [0, 0.05) is 61.7 Å². The van der Waals surface area contributed by atoms with E-state index >= 15 is 0 Å². The summed E-state index contributed by atoms with van der Waals surface area (Å²) in [6, 6.07) is 22.4. The van der Waals surface area contributed by atoms with E-state index in [0.717, 1.165) is 78.5 Å². The molecule has 0 spiro atoms. The first kappa shape index (κ1) is 42.8. The van der Waals surface area contributed by atoms with Gasteiger partial charge in [0.1, 0.15) is 5.00 Å². The first-order valence-electron chi connectivity index (χ1n) is 19.9. The van der Waals surface area contributed by atoms with E-state index in [1.54, 1.807) is 30.1 Å². The van der Waals surface area contributed by atoms with Gasteiger partial charge in [0.15, 0.2) is 0 Å². The Morgan fingerprint density at radius 3 is 2.07 bits per heavy atom. The van der Waals surface area contributed by atoms with Crippen LogP contribution in [0, 0.1) is 0 Å². The Morgan fingerprint density at radius 2 is 1.42 bits per heavy atom. The third-order valence-electron chi connectivity index (χ3n) is 10.7. The minimum absolute atomic E-state index is 0.0275. The van der Waals surface area contributed by atoms with Gasteiger partial charge in [-0.2, -0.15) is 0 Å². The number of hydrogen-bond acceptors (Lipinski definition) is 7. The highest BCUT2D eigenvalue weighted by Crippen LogP contribution is 2.39. The lowest BCUT2D eigenvalue weighted by Crippen LogP contribution is -2.41. The highest BCUT2D eigenvalue weighted by atomic mass is 32.1. The molecule has 0 saturated heterocycles. The van der Waals surface area contributed by atoms with E-state index in [-0.39, 0.29) is 42.2 Å². The van der Waals surface area contributed by atoms with Crippen molar-refractivity contribution in [2.45, 2.75) is 97.1 Å². The van der Waals surface area contributed by atoms with Crippen molar-refractivity contribution in [1.29, 1.82) is 0 Å². The minimum atomic E-state index is -0.944. The molecule has 0 unspecified atom stereocenters. The average molecular weight is 795 g/mol. The van der Waals surface area contributed by atoms with Crippen molar-refractivity contribution >= 4 is 51.7 Å². The fourth-order valence-electron chi connectivity index (χ4n) is 7.35. The topological polar surface area (TPSA) is 156 Å². The highest BCUT2D eigenvalue weighted by Gasteiger charge is 2.27. The Labute approximate surface area is 339 Å². The number of nitrogens with zero attached hydrogens (tertiary/aromatic N) is 2. The van der Waals surface area contributed by atoms with Crippen molar-refractivity contribution in [3.63, 3.8) is 0 Å². The van der Waals surface area contributed by atoms with Crippen molar-refractivity contribution < 1.29 is 34.2 Å². The van der Waals surface area contributed by atoms with Crippen LogP contribution >= 0.6 is 11.3 Å². The Hall–Kier alpha value is -5.33. The number of amides is 3. The number of thiophene rings is 1. The van der Waals surface area contributed by atoms with Gasteiger partial charge < -0.3 is 25.7 Å². The number of nitrogens with one attached hydrogen (secondary N) is 2. The molecule has 57 heavy (non-hydrogen) atoms. The number of aryl methyl sites for hydroxylation is 3. The summed E-state index contributed by atoms with van der Waals surface area (Å²) in [5.41, 5.74) is 6.05. The lowest BCUT2D eigenvalue weighted by Gasteiger charge is -2.32. The zero-order valence-electron chi connectivity index (χ0n) is 33.1. The summed E-state index contributed by atoms with van der Waals surface area (Å²) in [7, 11) is 1.75. The molecule has 12 heteroatoms. The molecule has 0 fully saturated rings. The standard InChI is InChI=1S/C45H54N4O7S/c1-4-36(5-2)49(27-26-48(3)39(50)14-9-15-40(51)52)29-32-10-8-11-34(28-32)42(53)47-44-41(37-12-6-7-13-38(37)57-44)43(54)46-35-24-20-31(21-25-35)17-16-30-18-22-33(23-19-30)45(55)56/h8,10-11,18-25,28,36H,4-7,9,12-17,26-27,29H2,1-3H3,(H,46,54)(H,47,53)(H,51,52)(H,55,56). The van der Waals surface area contributed by atoms with Crippen LogP contribution in [0.15, 0.2) is 72.8 Å². The van der Waals surface area contributed by atoms with Gasteiger partial charge in [0.2, 0.25) is 5.91 Å². The average Bonchev–Trinajstić information content (AvgIpc) is 3.57. The molecular weight excluding hydrogens is 741 g/mol. The van der Waals surface area contributed by atoms with Crippen LogP contribution in [0.1, 0.15) is 117 Å². The molecule has 1 heterocycles. The summed E-state index contributed by atoms with van der Waals surface area (Å²) in [4.78, 5) is 67.6. The number of benzene rings is 3. The van der Waals surface area contributed by atoms with E-state index in [9.17, 15) is 24.0 Å². The number of likely N-dealkylation sites (N-methyl/N-ethyl adjacent to an activating group) is 1. The monoisotopic (exact) mass is 794 g/mol. The molecule has 0 atom stereocenters. The molecule has 4 aromatic rings. The van der Waals surface area contributed by atoms with Crippen molar-refractivity contribution in [2.75, 3.05) is 30.8 Å². The van der Waals surface area contributed by atoms with Crippen LogP contribution in [-0.4, -0.2) is 75.9 Å². The Bertz CT molecular complexity index is 2020. The third kappa shape index (κ3) is 12.1. The molecule has 3 aromatic carbocycles. The van der Waals surface area contributed by atoms with Gasteiger partial charge in [0.25, 0.3) is 11.8 Å². The number of hydrogen-bond donors (Lipinski definition) is 4. The van der Waals surface area contributed by atoms with Gasteiger partial charge >= 0.3 is 11.9 Å². The predicted octanol–water partition coefficient (Wildman–Crippen LogP) is 8.32. The number of carboxylic acid groups (broad SMARTS) is 2. The van der Waals surface area contributed by atoms with Crippen LogP contribution in [0.3, 0.4) is 0 Å². The van der Waals surface area contributed by atoms with Crippen molar-refractivity contribution in [3.05, 3.63) is 117 Å². The van der Waals surface area contributed by atoms with E-state index in [1.165, 1.54) is 11.3 Å². The molecule has 302 valence electrons. The Kier molecular flexibility index (Phi) is 15.6. The highest BCUT2D eigenvalue weighted by molar-refractivity contribution is 7.17. The number of anilines is 2. The Morgan fingerprint density at radius 1 is 0.754 bits per heavy atom. The largest absolute Gasteiger partial charge is 0.481 e. The smallest absolute Gasteiger partial charge is 0.335 e. The summed E-state index contributed by atoms with van der Waals surface area (Å²) in [6.07, 6.45) is 7.54. The second-order valence-corrected chi connectivity index (χ2v) is 15.8. The first-order chi connectivity index (χ1) is 27.4. The lowest BCUT2D eigenvalue weighted by molar-refractivity contribution is -0.137. The third-order valence-corrected chi connectivity index (χ3v) is 11.9. The summed E-state index contributed by atoms with van der Waals surface area (Å²) < 4.78 is 0. The number of aromatic carboxylic acids is 1. The minimum Gasteiger partial charge on any atom is -0.481 e. The van der Waals surface area contributed by atoms with Crippen molar-refractivity contribution in [3.8, 4) is 0 Å². The quantitative estimate of drug-likeness (QED) is 0.0696. The Balaban J connectivity index is 1.24. The van der Waals surface area contributed by atoms with Gasteiger partial charge in [-0.3, -0.25) is 24.1 Å². The van der Waals surface area contributed by atoms with Crippen LogP contribution in [0.2, 0.25) is 0 Å². The van der Waals surface area contributed by atoms with Crippen molar-refractivity contribution in [2.24, 2.45) is 0 Å². The van der Waals surface area contributed by atoms with Gasteiger partial charge in [0.05, 0.1) is 11.1 Å². The van der Waals surface area contributed by atoms with Gasteiger partial charge in [-0.05, 0) is 116 Å². The zero-order chi connectivity index (χ0) is 40.9. The lowest BCUT2D eigenvalue weighted by atomic mass is 9.95. The molecule has 4 N–H and O–H groups in total. The maximum absolute atomic E-state index is 13.9. The fourth-order valence-corrected chi connectivity index (χ4v) is 8.63. The van der Waals surface area contributed by atoms with Gasteiger partial charge in [-0.15, -0.1) is 11.3 Å². The normalized spacial score (nSPS) is 12.3. The van der Waals surface area contributed by atoms with Crippen molar-refractivity contribution in [1.82, 2.24) is 9.80 Å². The number of carbonyl (C=O) groups excluding carboxylic acids is 3. The van der Waals surface area contributed by atoms with Crippen LogP contribution in [0.5, 0.6) is 0 Å². The predicted molar refractivity (Wildman–Crippen MR) is 224 cm³/mol. The van der Waals surface area contributed by atoms with Gasteiger partial charge in [-0.1, -0.05) is 50.2 Å².